The van der Waals surface area contributed by atoms with Gasteiger partial charge in [0.25, 0.3) is 0 Å². The van der Waals surface area contributed by atoms with Gasteiger partial charge in [-0.3, -0.25) is 9.36 Å². The number of hydrogen-bond acceptors (Lipinski definition) is 6. The number of carbonyl (C=O) groups is 1. The molecule has 0 atom stereocenters. The van der Waals surface area contributed by atoms with Crippen LogP contribution in [0.3, 0.4) is 0 Å². The topological polar surface area (TPSA) is 114 Å². The molecule has 0 spiro atoms. The number of thioether (sulfide) groups is 1. The summed E-state index contributed by atoms with van der Waals surface area (Å²) in [4.78, 5) is 17.7. The molecule has 0 bridgehead atoms. The van der Waals surface area contributed by atoms with Crippen LogP contribution in [0.4, 0.5) is 0 Å². The summed E-state index contributed by atoms with van der Waals surface area (Å²) in [5, 5.41) is 28.4. The van der Waals surface area contributed by atoms with E-state index in [1.807, 2.05) is 60.2 Å². The second-order valence-electron chi connectivity index (χ2n) is 7.71. The summed E-state index contributed by atoms with van der Waals surface area (Å²) in [7, 11) is 0. The first-order valence-electron chi connectivity index (χ1n) is 10.9. The second kappa shape index (κ2) is 10.7. The minimum atomic E-state index is -0.136. The van der Waals surface area contributed by atoms with Crippen molar-refractivity contribution in [2.24, 2.45) is 0 Å². The van der Waals surface area contributed by atoms with E-state index in [4.69, 9.17) is 10.5 Å². The van der Waals surface area contributed by atoms with Gasteiger partial charge in [-0.2, -0.15) is 10.5 Å². The van der Waals surface area contributed by atoms with Gasteiger partial charge in [-0.15, -0.1) is 10.2 Å². The maximum absolute atomic E-state index is 12.9. The number of benzene rings is 2. The normalized spacial score (nSPS) is 10.7. The fourth-order valence-electron chi connectivity index (χ4n) is 3.74. The lowest BCUT2D eigenvalue weighted by Gasteiger charge is -2.20. The molecule has 0 aliphatic heterocycles. The average Bonchev–Trinajstić information content (AvgIpc) is 3.46. The lowest BCUT2D eigenvalue weighted by atomic mass is 10.1. The summed E-state index contributed by atoms with van der Waals surface area (Å²) in [5.74, 6) is 0.682. The molecule has 0 saturated heterocycles. The van der Waals surface area contributed by atoms with Gasteiger partial charge in [0, 0.05) is 41.4 Å². The Hall–Kier alpha value is -4.08. The molecule has 9 heteroatoms. The van der Waals surface area contributed by atoms with Crippen molar-refractivity contribution < 1.29 is 4.79 Å². The van der Waals surface area contributed by atoms with Crippen molar-refractivity contribution in [3.05, 3.63) is 60.3 Å². The van der Waals surface area contributed by atoms with Gasteiger partial charge >= 0.3 is 0 Å². The summed E-state index contributed by atoms with van der Waals surface area (Å²) in [6, 6.07) is 20.2. The van der Waals surface area contributed by atoms with E-state index in [9.17, 15) is 4.79 Å². The third kappa shape index (κ3) is 4.95. The minimum absolute atomic E-state index is 0.134. The van der Waals surface area contributed by atoms with Gasteiger partial charge < -0.3 is 9.88 Å². The number of nitriles is 2. The number of H-pyrrole nitrogens is 1. The molecule has 2 aromatic carbocycles. The van der Waals surface area contributed by atoms with E-state index in [0.29, 0.717) is 24.1 Å². The molecule has 0 aliphatic carbocycles. The van der Waals surface area contributed by atoms with Gasteiger partial charge in [-0.1, -0.05) is 42.1 Å². The third-order valence-corrected chi connectivity index (χ3v) is 6.30. The van der Waals surface area contributed by atoms with Crippen LogP contribution >= 0.6 is 11.8 Å². The van der Waals surface area contributed by atoms with E-state index in [1.54, 1.807) is 4.90 Å². The van der Waals surface area contributed by atoms with Crippen molar-refractivity contribution in [2.45, 2.75) is 24.9 Å². The number of hydrogen-bond donors (Lipinski definition) is 1. The van der Waals surface area contributed by atoms with Gasteiger partial charge in [0.2, 0.25) is 5.91 Å². The maximum atomic E-state index is 12.9. The summed E-state index contributed by atoms with van der Waals surface area (Å²) >= 11 is 1.30. The molecule has 0 unspecified atom stereocenters. The van der Waals surface area contributed by atoms with Crippen LogP contribution in [0.2, 0.25) is 0 Å². The number of aromatic amines is 1. The predicted octanol–water partition coefficient (Wildman–Crippen LogP) is 4.47. The van der Waals surface area contributed by atoms with Crippen LogP contribution in [-0.4, -0.2) is 49.4 Å². The van der Waals surface area contributed by atoms with Gasteiger partial charge in [0.15, 0.2) is 11.0 Å². The maximum Gasteiger partial charge on any atom is 0.233 e. The quantitative estimate of drug-likeness (QED) is 0.362. The Balaban J connectivity index is 1.67. The highest BCUT2D eigenvalue weighted by Gasteiger charge is 2.21. The van der Waals surface area contributed by atoms with Crippen molar-refractivity contribution in [1.29, 1.82) is 10.5 Å². The van der Waals surface area contributed by atoms with Crippen LogP contribution in [0, 0.1) is 29.6 Å². The Morgan fingerprint density at radius 1 is 1.09 bits per heavy atom. The predicted molar refractivity (Wildman–Crippen MR) is 131 cm³/mol. The van der Waals surface area contributed by atoms with Crippen LogP contribution in [0.15, 0.2) is 59.9 Å². The molecule has 0 radical (unpaired) electrons. The van der Waals surface area contributed by atoms with Crippen LogP contribution < -0.4 is 0 Å². The zero-order valence-electron chi connectivity index (χ0n) is 18.7. The van der Waals surface area contributed by atoms with Crippen molar-refractivity contribution in [3.63, 3.8) is 0 Å². The van der Waals surface area contributed by atoms with Crippen LogP contribution in [0.5, 0.6) is 0 Å². The Bertz CT molecular complexity index is 1370. The lowest BCUT2D eigenvalue weighted by molar-refractivity contribution is -0.128. The van der Waals surface area contributed by atoms with Crippen LogP contribution in [0.1, 0.15) is 18.4 Å². The van der Waals surface area contributed by atoms with Crippen molar-refractivity contribution in [2.75, 3.05) is 18.8 Å². The van der Waals surface area contributed by atoms with Gasteiger partial charge in [-0.25, -0.2) is 0 Å². The fraction of sp³-hybridized carbons (Fsp3) is 0.240. The van der Waals surface area contributed by atoms with E-state index in [2.05, 4.69) is 33.4 Å². The largest absolute Gasteiger partial charge is 0.360 e. The molecule has 0 fully saturated rings. The number of amides is 1. The van der Waals surface area contributed by atoms with E-state index in [-0.39, 0.29) is 24.5 Å². The summed E-state index contributed by atoms with van der Waals surface area (Å²) in [6.45, 7) is 2.64. The van der Waals surface area contributed by atoms with Crippen molar-refractivity contribution in [3.8, 4) is 29.2 Å². The van der Waals surface area contributed by atoms with E-state index in [0.717, 1.165) is 27.7 Å². The molecule has 34 heavy (non-hydrogen) atoms. The molecule has 8 nitrogen and oxygen atoms in total. The molecule has 2 heterocycles. The summed E-state index contributed by atoms with van der Waals surface area (Å²) in [6.07, 6.45) is 2.38. The Labute approximate surface area is 201 Å². The van der Waals surface area contributed by atoms with E-state index < -0.39 is 0 Å². The van der Waals surface area contributed by atoms with Crippen molar-refractivity contribution >= 4 is 28.6 Å². The number of fused-ring (bicyclic) bond motifs is 1. The summed E-state index contributed by atoms with van der Waals surface area (Å²) in [5.41, 5.74) is 3.94. The van der Waals surface area contributed by atoms with Gasteiger partial charge in [-0.05, 0) is 30.7 Å². The molecular formula is C25H23N7OS. The molecule has 4 aromatic rings. The van der Waals surface area contributed by atoms with E-state index in [1.165, 1.54) is 11.8 Å². The number of nitrogens with zero attached hydrogens (tertiary/aromatic N) is 6. The summed E-state index contributed by atoms with van der Waals surface area (Å²) < 4.78 is 1.97. The molecule has 0 aliphatic rings. The molecule has 170 valence electrons. The zero-order valence-corrected chi connectivity index (χ0v) is 19.5. The zero-order chi connectivity index (χ0) is 23.9. The molecule has 2 aromatic heterocycles. The van der Waals surface area contributed by atoms with Gasteiger partial charge in [0.1, 0.15) is 0 Å². The Kier molecular flexibility index (Phi) is 7.26. The van der Waals surface area contributed by atoms with Crippen LogP contribution in [0.25, 0.3) is 28.0 Å². The first-order chi connectivity index (χ1) is 16.6. The Morgan fingerprint density at radius 2 is 1.85 bits per heavy atom. The number of nitrogens with one attached hydrogen (secondary N) is 1. The van der Waals surface area contributed by atoms with Gasteiger partial charge in [0.05, 0.1) is 30.7 Å². The van der Waals surface area contributed by atoms with Crippen molar-refractivity contribution in [1.82, 2.24) is 24.6 Å². The SMILES string of the molecule is Cc1cccc(-n2c(SCC(=O)N(CCC#N)CCC#N)nnc2-c2c[nH]c3ccccc23)c1. The molecule has 4 rings (SSSR count). The van der Waals surface area contributed by atoms with E-state index >= 15 is 0 Å². The average molecular weight is 470 g/mol. The standard InChI is InChI=1S/C25H23N7OS/c1-18-7-4-8-19(15-18)32-24(21-16-28-22-10-3-2-9-20(21)22)29-30-25(32)34-17-23(33)31(13-5-11-26)14-6-12-27/h2-4,7-10,15-16,28H,5-6,13-14,17H2,1H3. The first-order valence-corrected chi connectivity index (χ1v) is 11.8. The third-order valence-electron chi connectivity index (χ3n) is 5.39. The number of carbonyl (C=O) groups excluding carboxylic acids is 1. The highest BCUT2D eigenvalue weighted by Crippen LogP contribution is 2.32. The number of aromatic nitrogens is 4. The molecule has 0 saturated carbocycles. The number of para-hydroxylation sites is 1. The fourth-order valence-corrected chi connectivity index (χ4v) is 4.60. The second-order valence-corrected chi connectivity index (χ2v) is 8.66. The molecule has 1 amide bonds. The molecule has 1 N–H and O–H groups in total. The minimum Gasteiger partial charge on any atom is -0.360 e. The molecular weight excluding hydrogens is 446 g/mol. The Morgan fingerprint density at radius 3 is 2.59 bits per heavy atom. The highest BCUT2D eigenvalue weighted by molar-refractivity contribution is 7.99. The first kappa shape index (κ1) is 23.1. The monoisotopic (exact) mass is 469 g/mol. The highest BCUT2D eigenvalue weighted by atomic mass is 32.2. The smallest absolute Gasteiger partial charge is 0.233 e. The number of aryl methyl sites for hydroxylation is 1. The lowest BCUT2D eigenvalue weighted by Crippen LogP contribution is -2.34. The number of rotatable bonds is 9. The van der Waals surface area contributed by atoms with Crippen LogP contribution in [-0.2, 0) is 4.79 Å².